The van der Waals surface area contributed by atoms with E-state index in [9.17, 15) is 4.79 Å². The number of aromatic nitrogens is 2. The van der Waals surface area contributed by atoms with Crippen LogP contribution in [-0.4, -0.2) is 22.9 Å². The minimum atomic E-state index is 0.458. The number of carbonyl (C=O) groups is 1. The van der Waals surface area contributed by atoms with E-state index in [1.165, 1.54) is 6.33 Å². The van der Waals surface area contributed by atoms with Gasteiger partial charge in [0.05, 0.1) is 18.9 Å². The zero-order chi connectivity index (χ0) is 8.39. The van der Waals surface area contributed by atoms with E-state index in [1.54, 1.807) is 0 Å². The molecule has 1 aromatic heterocycles. The number of carbonyl (C=O) groups excluding carboxylic acids is 1. The molecule has 1 aliphatic heterocycles. The molecule has 1 aromatic rings. The van der Waals surface area contributed by atoms with Crippen molar-refractivity contribution in [3.05, 3.63) is 23.3 Å². The number of nitrogens with zero attached hydrogens (tertiary/aromatic N) is 2. The summed E-state index contributed by atoms with van der Waals surface area (Å²) in [6.45, 7) is 1.15. The molecule has 0 aromatic carbocycles. The monoisotopic (exact) mass is 164 g/mol. The van der Waals surface area contributed by atoms with Crippen LogP contribution in [0.2, 0.25) is 0 Å². The molecule has 2 heterocycles. The number of hydrogen-bond acceptors (Lipinski definition) is 4. The van der Waals surface area contributed by atoms with Gasteiger partial charge in [-0.15, -0.1) is 0 Å². The first-order valence-electron chi connectivity index (χ1n) is 3.77. The fraction of sp³-hybridized carbons (Fsp3) is 0.375. The topological polar surface area (TPSA) is 52.1 Å². The molecule has 0 bridgehead atoms. The van der Waals surface area contributed by atoms with Crippen LogP contribution in [0.1, 0.15) is 21.7 Å². The minimum absolute atomic E-state index is 0.458. The number of fused-ring (bicyclic) bond motifs is 1. The van der Waals surface area contributed by atoms with E-state index in [0.717, 1.165) is 24.0 Å². The molecule has 62 valence electrons. The molecule has 0 saturated heterocycles. The summed E-state index contributed by atoms with van der Waals surface area (Å²) in [5, 5.41) is 0. The van der Waals surface area contributed by atoms with Crippen LogP contribution in [0, 0.1) is 0 Å². The normalized spacial score (nSPS) is 15.3. The Balaban J connectivity index is 2.51. The van der Waals surface area contributed by atoms with Gasteiger partial charge >= 0.3 is 0 Å². The van der Waals surface area contributed by atoms with E-state index in [0.29, 0.717) is 18.9 Å². The highest BCUT2D eigenvalue weighted by Crippen LogP contribution is 2.15. The SMILES string of the molecule is O=Cc1ncnc2c1COCC2. The predicted molar refractivity (Wildman–Crippen MR) is 40.8 cm³/mol. The van der Waals surface area contributed by atoms with Crippen molar-refractivity contribution in [2.24, 2.45) is 0 Å². The van der Waals surface area contributed by atoms with Crippen LogP contribution in [0.4, 0.5) is 0 Å². The molecule has 0 atom stereocenters. The number of aldehydes is 1. The Bertz CT molecular complexity index is 312. The van der Waals surface area contributed by atoms with Gasteiger partial charge in [0.25, 0.3) is 0 Å². The van der Waals surface area contributed by atoms with E-state index in [-0.39, 0.29) is 0 Å². The fourth-order valence-corrected chi connectivity index (χ4v) is 1.28. The summed E-state index contributed by atoms with van der Waals surface area (Å²) in [6.07, 6.45) is 2.95. The minimum Gasteiger partial charge on any atom is -0.376 e. The van der Waals surface area contributed by atoms with Crippen molar-refractivity contribution in [2.75, 3.05) is 6.61 Å². The fourth-order valence-electron chi connectivity index (χ4n) is 1.28. The zero-order valence-corrected chi connectivity index (χ0v) is 6.49. The Labute approximate surface area is 69.6 Å². The summed E-state index contributed by atoms with van der Waals surface area (Å²) in [4.78, 5) is 18.5. The maximum atomic E-state index is 10.5. The molecule has 0 N–H and O–H groups in total. The van der Waals surface area contributed by atoms with Crippen molar-refractivity contribution >= 4 is 6.29 Å². The first-order valence-corrected chi connectivity index (χ1v) is 3.77. The van der Waals surface area contributed by atoms with Gasteiger partial charge < -0.3 is 4.74 Å². The Morgan fingerprint density at radius 2 is 2.42 bits per heavy atom. The summed E-state index contributed by atoms with van der Waals surface area (Å²) in [6, 6.07) is 0. The lowest BCUT2D eigenvalue weighted by Gasteiger charge is -2.15. The average molecular weight is 164 g/mol. The second-order valence-electron chi connectivity index (χ2n) is 2.60. The smallest absolute Gasteiger partial charge is 0.168 e. The van der Waals surface area contributed by atoms with Crippen LogP contribution in [0.25, 0.3) is 0 Å². The van der Waals surface area contributed by atoms with Gasteiger partial charge in [0.15, 0.2) is 6.29 Å². The Hall–Kier alpha value is -1.29. The highest BCUT2D eigenvalue weighted by atomic mass is 16.5. The van der Waals surface area contributed by atoms with E-state index < -0.39 is 0 Å². The summed E-state index contributed by atoms with van der Waals surface area (Å²) >= 11 is 0. The number of rotatable bonds is 1. The first-order chi connectivity index (χ1) is 5.92. The quantitative estimate of drug-likeness (QED) is 0.562. The molecule has 0 radical (unpaired) electrons. The van der Waals surface area contributed by atoms with Gasteiger partial charge in [-0.05, 0) is 0 Å². The molecular formula is C8H8N2O2. The van der Waals surface area contributed by atoms with Gasteiger partial charge in [0, 0.05) is 12.0 Å². The molecule has 0 saturated carbocycles. The zero-order valence-electron chi connectivity index (χ0n) is 6.49. The lowest BCUT2D eigenvalue weighted by atomic mass is 10.1. The van der Waals surface area contributed by atoms with Crippen molar-refractivity contribution in [3.63, 3.8) is 0 Å². The third kappa shape index (κ3) is 1.10. The van der Waals surface area contributed by atoms with Gasteiger partial charge in [0.2, 0.25) is 0 Å². The molecule has 0 unspecified atom stereocenters. The third-order valence-corrected chi connectivity index (χ3v) is 1.91. The first kappa shape index (κ1) is 7.36. The summed E-state index contributed by atoms with van der Waals surface area (Å²) in [5.74, 6) is 0. The van der Waals surface area contributed by atoms with Crippen LogP contribution in [-0.2, 0) is 17.8 Å². The van der Waals surface area contributed by atoms with Gasteiger partial charge in [-0.3, -0.25) is 4.79 Å². The highest BCUT2D eigenvalue weighted by molar-refractivity contribution is 5.74. The second-order valence-corrected chi connectivity index (χ2v) is 2.60. The molecule has 0 amide bonds. The van der Waals surface area contributed by atoms with E-state index in [2.05, 4.69) is 9.97 Å². The lowest BCUT2D eigenvalue weighted by Crippen LogP contribution is -2.14. The standard InChI is InChI=1S/C8H8N2O2/c11-3-8-6-4-12-2-1-7(6)9-5-10-8/h3,5H,1-2,4H2. The van der Waals surface area contributed by atoms with Crippen molar-refractivity contribution in [3.8, 4) is 0 Å². The Morgan fingerprint density at radius 1 is 1.50 bits per heavy atom. The van der Waals surface area contributed by atoms with Crippen molar-refractivity contribution < 1.29 is 9.53 Å². The van der Waals surface area contributed by atoms with Gasteiger partial charge in [-0.25, -0.2) is 9.97 Å². The maximum absolute atomic E-state index is 10.5. The molecule has 12 heavy (non-hydrogen) atoms. The second kappa shape index (κ2) is 2.98. The summed E-state index contributed by atoms with van der Waals surface area (Å²) in [7, 11) is 0. The summed E-state index contributed by atoms with van der Waals surface area (Å²) in [5.41, 5.74) is 2.25. The Kier molecular flexibility index (Phi) is 1.83. The predicted octanol–water partition coefficient (Wildman–Crippen LogP) is 0.362. The molecular weight excluding hydrogens is 156 g/mol. The Morgan fingerprint density at radius 3 is 3.25 bits per heavy atom. The number of ether oxygens (including phenoxy) is 1. The summed E-state index contributed by atoms with van der Waals surface area (Å²) < 4.78 is 5.20. The van der Waals surface area contributed by atoms with Crippen molar-refractivity contribution in [1.29, 1.82) is 0 Å². The maximum Gasteiger partial charge on any atom is 0.168 e. The molecule has 0 aliphatic carbocycles. The molecule has 2 rings (SSSR count). The average Bonchev–Trinajstić information content (AvgIpc) is 2.17. The molecule has 0 spiro atoms. The van der Waals surface area contributed by atoms with Gasteiger partial charge in [-0.2, -0.15) is 0 Å². The van der Waals surface area contributed by atoms with Crippen LogP contribution < -0.4 is 0 Å². The van der Waals surface area contributed by atoms with Crippen molar-refractivity contribution in [2.45, 2.75) is 13.0 Å². The van der Waals surface area contributed by atoms with E-state index >= 15 is 0 Å². The van der Waals surface area contributed by atoms with E-state index in [4.69, 9.17) is 4.74 Å². The van der Waals surface area contributed by atoms with Crippen molar-refractivity contribution in [1.82, 2.24) is 9.97 Å². The van der Waals surface area contributed by atoms with E-state index in [1.807, 2.05) is 0 Å². The van der Waals surface area contributed by atoms with Crippen LogP contribution in [0.5, 0.6) is 0 Å². The molecule has 0 fully saturated rings. The van der Waals surface area contributed by atoms with Gasteiger partial charge in [0.1, 0.15) is 12.0 Å². The third-order valence-electron chi connectivity index (χ3n) is 1.91. The van der Waals surface area contributed by atoms with Crippen LogP contribution in [0.15, 0.2) is 6.33 Å². The van der Waals surface area contributed by atoms with Gasteiger partial charge in [-0.1, -0.05) is 0 Å². The van der Waals surface area contributed by atoms with Crippen LogP contribution >= 0.6 is 0 Å². The molecule has 4 heteroatoms. The highest BCUT2D eigenvalue weighted by Gasteiger charge is 2.14. The lowest BCUT2D eigenvalue weighted by molar-refractivity contribution is 0.103. The number of hydrogen-bond donors (Lipinski definition) is 0. The molecule has 4 nitrogen and oxygen atoms in total. The van der Waals surface area contributed by atoms with Crippen LogP contribution in [0.3, 0.4) is 0 Å². The molecule has 1 aliphatic rings. The largest absolute Gasteiger partial charge is 0.376 e.